The van der Waals surface area contributed by atoms with Gasteiger partial charge < -0.3 is 24.5 Å². The van der Waals surface area contributed by atoms with E-state index in [0.29, 0.717) is 36.9 Å². The van der Waals surface area contributed by atoms with Gasteiger partial charge >= 0.3 is 0 Å². The second kappa shape index (κ2) is 10.7. The zero-order valence-corrected chi connectivity index (χ0v) is 20.9. The smallest absolute Gasteiger partial charge is 0.295 e. The summed E-state index contributed by atoms with van der Waals surface area (Å²) < 4.78 is 5.80. The van der Waals surface area contributed by atoms with Crippen LogP contribution >= 0.6 is 0 Å². The number of ether oxygens (including phenoxy) is 1. The largest absolute Gasteiger partial charge is 0.507 e. The zero-order chi connectivity index (χ0) is 25.0. The number of carbonyl (C=O) groups excluding carboxylic acids is 2. The first-order valence-electron chi connectivity index (χ1n) is 11.5. The number of ketones is 1. The molecule has 0 aromatic heterocycles. The number of anilines is 1. The highest BCUT2D eigenvalue weighted by Gasteiger charge is 2.45. The Morgan fingerprint density at radius 3 is 2.32 bits per heavy atom. The van der Waals surface area contributed by atoms with Crippen molar-refractivity contribution in [1.82, 2.24) is 9.80 Å². The summed E-state index contributed by atoms with van der Waals surface area (Å²) >= 11 is 0. The lowest BCUT2D eigenvalue weighted by Crippen LogP contribution is -2.35. The first-order valence-corrected chi connectivity index (χ1v) is 11.5. The van der Waals surface area contributed by atoms with Crippen LogP contribution in [0.3, 0.4) is 0 Å². The second-order valence-electron chi connectivity index (χ2n) is 9.51. The number of aliphatic hydroxyl groups is 1. The molecule has 0 bridgehead atoms. The molecule has 1 aliphatic heterocycles. The summed E-state index contributed by atoms with van der Waals surface area (Å²) in [6, 6.07) is 14.0. The van der Waals surface area contributed by atoms with Gasteiger partial charge in [-0.1, -0.05) is 38.1 Å². The highest BCUT2D eigenvalue weighted by molar-refractivity contribution is 6.46. The summed E-state index contributed by atoms with van der Waals surface area (Å²) in [6.07, 6.45) is 0. The van der Waals surface area contributed by atoms with E-state index in [1.165, 1.54) is 0 Å². The van der Waals surface area contributed by atoms with Crippen LogP contribution in [0.15, 0.2) is 54.1 Å². The number of likely N-dealkylation sites (N-methyl/N-ethyl adjacent to an activating group) is 1. The number of rotatable bonds is 9. The number of benzene rings is 2. The summed E-state index contributed by atoms with van der Waals surface area (Å²) in [5, 5.41) is 11.3. The van der Waals surface area contributed by atoms with Crippen LogP contribution in [-0.2, 0) is 9.59 Å². The summed E-state index contributed by atoms with van der Waals surface area (Å²) in [6.45, 7) is 5.61. The van der Waals surface area contributed by atoms with E-state index < -0.39 is 17.7 Å². The minimum Gasteiger partial charge on any atom is -0.507 e. The molecular weight excluding hydrogens is 430 g/mol. The highest BCUT2D eigenvalue weighted by Crippen LogP contribution is 2.40. The molecular formula is C27H35N3O4. The monoisotopic (exact) mass is 465 g/mol. The molecule has 2 aromatic rings. The predicted molar refractivity (Wildman–Crippen MR) is 135 cm³/mol. The van der Waals surface area contributed by atoms with Crippen molar-refractivity contribution in [3.63, 3.8) is 0 Å². The third-order valence-corrected chi connectivity index (χ3v) is 5.74. The third kappa shape index (κ3) is 5.59. The van der Waals surface area contributed by atoms with E-state index >= 15 is 0 Å². The van der Waals surface area contributed by atoms with Crippen molar-refractivity contribution in [2.24, 2.45) is 5.92 Å². The normalized spacial score (nSPS) is 17.6. The molecule has 1 amide bonds. The number of nitrogens with zero attached hydrogens (tertiary/aromatic N) is 3. The molecule has 3 rings (SSSR count). The Balaban J connectivity index is 2.08. The average Bonchev–Trinajstić information content (AvgIpc) is 3.06. The lowest BCUT2D eigenvalue weighted by atomic mass is 9.95. The quantitative estimate of drug-likeness (QED) is 0.345. The van der Waals surface area contributed by atoms with Gasteiger partial charge in [-0.2, -0.15) is 0 Å². The molecule has 1 aliphatic rings. The van der Waals surface area contributed by atoms with Crippen LogP contribution in [0.5, 0.6) is 5.75 Å². The van der Waals surface area contributed by atoms with Gasteiger partial charge in [0.25, 0.3) is 11.7 Å². The van der Waals surface area contributed by atoms with Gasteiger partial charge in [-0.15, -0.1) is 0 Å². The molecule has 0 radical (unpaired) electrons. The molecule has 1 N–H and O–H groups in total. The van der Waals surface area contributed by atoms with Gasteiger partial charge in [-0.3, -0.25) is 9.59 Å². The molecule has 7 nitrogen and oxygen atoms in total. The molecule has 1 saturated heterocycles. The van der Waals surface area contributed by atoms with E-state index in [0.717, 1.165) is 11.3 Å². The minimum atomic E-state index is -0.675. The lowest BCUT2D eigenvalue weighted by molar-refractivity contribution is -0.140. The number of hydrogen-bond donors (Lipinski definition) is 1. The number of aliphatic hydroxyl groups excluding tert-OH is 1. The van der Waals surface area contributed by atoms with Crippen molar-refractivity contribution >= 4 is 23.1 Å². The van der Waals surface area contributed by atoms with Gasteiger partial charge in [-0.05, 0) is 49.8 Å². The van der Waals surface area contributed by atoms with Gasteiger partial charge in [0.1, 0.15) is 11.5 Å². The molecule has 0 spiro atoms. The summed E-state index contributed by atoms with van der Waals surface area (Å²) in [5.41, 5.74) is 2.32. The highest BCUT2D eigenvalue weighted by atomic mass is 16.5. The maximum Gasteiger partial charge on any atom is 0.295 e. The van der Waals surface area contributed by atoms with E-state index in [9.17, 15) is 14.7 Å². The number of likely N-dealkylation sites (tertiary alicyclic amines) is 1. The van der Waals surface area contributed by atoms with E-state index in [-0.39, 0.29) is 11.3 Å². The molecule has 0 aliphatic carbocycles. The first kappa shape index (κ1) is 25.3. The standard InChI is InChI=1S/C27H35N3O4/c1-18(2)17-34-22-9-7-8-20(16-22)25(31)23-24(19-10-12-21(13-11-19)29(5)6)30(15-14-28(3)4)27(33)26(23)32/h7-13,16,18,24,31H,14-15,17H2,1-6H3/b25-23-. The predicted octanol–water partition coefficient (Wildman–Crippen LogP) is 3.77. The Bertz CT molecular complexity index is 1060. The van der Waals surface area contributed by atoms with Crippen molar-refractivity contribution in [3.8, 4) is 5.75 Å². The molecule has 1 fully saturated rings. The Morgan fingerprint density at radius 2 is 1.74 bits per heavy atom. The Hall–Kier alpha value is -3.32. The SMILES string of the molecule is CC(C)COc1cccc(/C(O)=C2/C(=O)C(=O)N(CCN(C)C)C2c2ccc(N(C)C)cc2)c1. The fourth-order valence-corrected chi connectivity index (χ4v) is 3.87. The van der Waals surface area contributed by atoms with E-state index in [4.69, 9.17) is 4.74 Å². The van der Waals surface area contributed by atoms with Crippen LogP contribution in [-0.4, -0.2) is 74.5 Å². The van der Waals surface area contributed by atoms with Crippen molar-refractivity contribution in [3.05, 3.63) is 65.2 Å². The van der Waals surface area contributed by atoms with Crippen LogP contribution in [0.4, 0.5) is 5.69 Å². The van der Waals surface area contributed by atoms with Gasteiger partial charge in [0.2, 0.25) is 0 Å². The lowest BCUT2D eigenvalue weighted by Gasteiger charge is -2.27. The van der Waals surface area contributed by atoms with E-state index in [2.05, 4.69) is 13.8 Å². The van der Waals surface area contributed by atoms with Gasteiger partial charge in [0, 0.05) is 38.4 Å². The average molecular weight is 466 g/mol. The van der Waals surface area contributed by atoms with Crippen LogP contribution in [0.1, 0.15) is 31.0 Å². The van der Waals surface area contributed by atoms with Crippen molar-refractivity contribution in [1.29, 1.82) is 0 Å². The molecule has 182 valence electrons. The molecule has 34 heavy (non-hydrogen) atoms. The number of hydrogen-bond acceptors (Lipinski definition) is 6. The molecule has 1 unspecified atom stereocenters. The fourth-order valence-electron chi connectivity index (χ4n) is 3.87. The molecule has 7 heteroatoms. The van der Waals surface area contributed by atoms with Crippen molar-refractivity contribution < 1.29 is 19.4 Å². The van der Waals surface area contributed by atoms with Crippen LogP contribution in [0.25, 0.3) is 5.76 Å². The van der Waals surface area contributed by atoms with Crippen LogP contribution in [0.2, 0.25) is 0 Å². The first-order chi connectivity index (χ1) is 16.1. The summed E-state index contributed by atoms with van der Waals surface area (Å²) in [5.74, 6) is -0.512. The van der Waals surface area contributed by atoms with Crippen LogP contribution in [0, 0.1) is 5.92 Å². The Morgan fingerprint density at radius 1 is 1.06 bits per heavy atom. The zero-order valence-electron chi connectivity index (χ0n) is 20.9. The maximum absolute atomic E-state index is 13.2. The minimum absolute atomic E-state index is 0.0994. The summed E-state index contributed by atoms with van der Waals surface area (Å²) in [4.78, 5) is 31.7. The molecule has 1 heterocycles. The van der Waals surface area contributed by atoms with E-state index in [1.807, 2.05) is 68.3 Å². The molecule has 1 atom stereocenters. The summed E-state index contributed by atoms with van der Waals surface area (Å²) in [7, 11) is 7.74. The van der Waals surface area contributed by atoms with Gasteiger partial charge in [0.05, 0.1) is 18.2 Å². The molecule has 2 aromatic carbocycles. The Labute approximate surface area is 202 Å². The Kier molecular flexibility index (Phi) is 7.99. The van der Waals surface area contributed by atoms with E-state index in [1.54, 1.807) is 23.1 Å². The molecule has 0 saturated carbocycles. The van der Waals surface area contributed by atoms with Crippen molar-refractivity contribution in [2.75, 3.05) is 52.8 Å². The van der Waals surface area contributed by atoms with Gasteiger partial charge in [-0.25, -0.2) is 0 Å². The number of Topliss-reactive ketones (excluding diaryl/α,β-unsaturated/α-hetero) is 1. The topological polar surface area (TPSA) is 73.3 Å². The number of amides is 1. The van der Waals surface area contributed by atoms with Gasteiger partial charge in [0.15, 0.2) is 0 Å². The van der Waals surface area contributed by atoms with Crippen molar-refractivity contribution in [2.45, 2.75) is 19.9 Å². The third-order valence-electron chi connectivity index (χ3n) is 5.74. The number of carbonyl (C=O) groups is 2. The second-order valence-corrected chi connectivity index (χ2v) is 9.51. The fraction of sp³-hybridized carbons (Fsp3) is 0.407. The van der Waals surface area contributed by atoms with Crippen LogP contribution < -0.4 is 9.64 Å². The maximum atomic E-state index is 13.2.